The molecule has 1 saturated carbocycles. The zero-order valence-electron chi connectivity index (χ0n) is 15.7. The Labute approximate surface area is 155 Å². The van der Waals surface area contributed by atoms with Gasteiger partial charge >= 0.3 is 5.97 Å². The number of ketones is 1. The number of carbonyl (C=O) groups excluding carboxylic acids is 1. The van der Waals surface area contributed by atoms with Gasteiger partial charge in [-0.1, -0.05) is 31.4 Å². The van der Waals surface area contributed by atoms with Crippen LogP contribution in [0.1, 0.15) is 71.1 Å². The zero-order valence-corrected chi connectivity index (χ0v) is 15.7. The van der Waals surface area contributed by atoms with Crippen LogP contribution in [0.2, 0.25) is 0 Å². The third-order valence-electron chi connectivity index (χ3n) is 5.07. The number of aliphatic hydroxyl groups is 3. The van der Waals surface area contributed by atoms with Crippen LogP contribution >= 0.6 is 0 Å². The second kappa shape index (κ2) is 12.2. The van der Waals surface area contributed by atoms with Crippen LogP contribution in [0.3, 0.4) is 0 Å². The molecule has 1 fully saturated rings. The molecule has 1 aliphatic carbocycles. The van der Waals surface area contributed by atoms with E-state index in [1.807, 2.05) is 0 Å². The smallest absolute Gasteiger partial charge is 0.303 e. The molecule has 0 aromatic heterocycles. The molecule has 150 valence electrons. The van der Waals surface area contributed by atoms with Gasteiger partial charge in [-0.25, -0.2) is 0 Å². The minimum atomic E-state index is -0.781. The lowest BCUT2D eigenvalue weighted by molar-refractivity contribution is -0.137. The number of Topliss-reactive ketones (excluding diaryl/α,β-unsaturated/α-hetero) is 1. The summed E-state index contributed by atoms with van der Waals surface area (Å²) in [7, 11) is 0. The Morgan fingerprint density at radius 2 is 1.85 bits per heavy atom. The Hall–Kier alpha value is -1.24. The SMILES string of the molecule is C[C@@H](O)CCC[C@H](O)/C=C/[C@@H]1C(CCCCCCC(=O)O)C(=O)C[C@H]1O. The van der Waals surface area contributed by atoms with Crippen molar-refractivity contribution in [1.82, 2.24) is 0 Å². The molecule has 0 spiro atoms. The molecule has 5 atom stereocenters. The van der Waals surface area contributed by atoms with Crippen LogP contribution in [0.25, 0.3) is 0 Å². The average molecular weight is 370 g/mol. The van der Waals surface area contributed by atoms with Gasteiger partial charge < -0.3 is 20.4 Å². The highest BCUT2D eigenvalue weighted by molar-refractivity contribution is 5.84. The molecule has 0 aromatic rings. The Morgan fingerprint density at radius 1 is 1.15 bits per heavy atom. The Balaban J connectivity index is 2.39. The molecule has 1 unspecified atom stereocenters. The quantitative estimate of drug-likeness (QED) is 0.292. The first kappa shape index (κ1) is 22.8. The van der Waals surface area contributed by atoms with E-state index in [0.717, 1.165) is 25.7 Å². The molecule has 0 amide bonds. The van der Waals surface area contributed by atoms with Crippen molar-refractivity contribution in [1.29, 1.82) is 0 Å². The third-order valence-corrected chi connectivity index (χ3v) is 5.07. The average Bonchev–Trinajstić information content (AvgIpc) is 2.81. The summed E-state index contributed by atoms with van der Waals surface area (Å²) >= 11 is 0. The second-order valence-corrected chi connectivity index (χ2v) is 7.50. The molecule has 6 nitrogen and oxygen atoms in total. The van der Waals surface area contributed by atoms with Crippen molar-refractivity contribution >= 4 is 11.8 Å². The van der Waals surface area contributed by atoms with E-state index in [2.05, 4.69) is 0 Å². The number of carboxylic acids is 1. The lowest BCUT2D eigenvalue weighted by atomic mass is 9.88. The summed E-state index contributed by atoms with van der Waals surface area (Å²) in [5.74, 6) is -1.18. The van der Waals surface area contributed by atoms with E-state index in [-0.39, 0.29) is 36.6 Å². The van der Waals surface area contributed by atoms with Crippen LogP contribution in [-0.4, -0.2) is 50.5 Å². The van der Waals surface area contributed by atoms with Crippen molar-refractivity contribution in [3.63, 3.8) is 0 Å². The molecular weight excluding hydrogens is 336 g/mol. The van der Waals surface area contributed by atoms with Crippen molar-refractivity contribution in [2.24, 2.45) is 11.8 Å². The third kappa shape index (κ3) is 8.92. The molecule has 0 aliphatic heterocycles. The van der Waals surface area contributed by atoms with Crippen LogP contribution in [-0.2, 0) is 9.59 Å². The van der Waals surface area contributed by atoms with Gasteiger partial charge in [0.15, 0.2) is 0 Å². The van der Waals surface area contributed by atoms with Gasteiger partial charge in [0, 0.05) is 24.7 Å². The van der Waals surface area contributed by atoms with E-state index in [0.29, 0.717) is 25.7 Å². The fraction of sp³-hybridized carbons (Fsp3) is 0.800. The minimum Gasteiger partial charge on any atom is -0.481 e. The van der Waals surface area contributed by atoms with Gasteiger partial charge in [0.05, 0.1) is 18.3 Å². The molecule has 6 heteroatoms. The van der Waals surface area contributed by atoms with Crippen molar-refractivity contribution < 1.29 is 30.0 Å². The maximum Gasteiger partial charge on any atom is 0.303 e. The minimum absolute atomic E-state index is 0.0706. The first-order valence-electron chi connectivity index (χ1n) is 9.78. The van der Waals surface area contributed by atoms with Gasteiger partial charge in [0.1, 0.15) is 5.78 Å². The highest BCUT2D eigenvalue weighted by Gasteiger charge is 2.39. The maximum absolute atomic E-state index is 12.1. The largest absolute Gasteiger partial charge is 0.481 e. The molecular formula is C20H34O6. The van der Waals surface area contributed by atoms with E-state index >= 15 is 0 Å². The summed E-state index contributed by atoms with van der Waals surface area (Å²) in [5.41, 5.74) is 0. The monoisotopic (exact) mass is 370 g/mol. The van der Waals surface area contributed by atoms with Crippen LogP contribution < -0.4 is 0 Å². The molecule has 26 heavy (non-hydrogen) atoms. The van der Waals surface area contributed by atoms with E-state index in [4.69, 9.17) is 5.11 Å². The fourth-order valence-electron chi connectivity index (χ4n) is 3.56. The Bertz CT molecular complexity index is 459. The molecule has 1 rings (SSSR count). The lowest BCUT2D eigenvalue weighted by Crippen LogP contribution is -2.19. The second-order valence-electron chi connectivity index (χ2n) is 7.50. The molecule has 0 saturated heterocycles. The number of aliphatic hydroxyl groups excluding tert-OH is 3. The summed E-state index contributed by atoms with van der Waals surface area (Å²) < 4.78 is 0. The predicted octanol–water partition coefficient (Wildman–Crippen LogP) is 2.45. The van der Waals surface area contributed by atoms with E-state index in [1.54, 1.807) is 19.1 Å². The van der Waals surface area contributed by atoms with Gasteiger partial charge in [0.25, 0.3) is 0 Å². The van der Waals surface area contributed by atoms with Crippen molar-refractivity contribution in [2.75, 3.05) is 0 Å². The van der Waals surface area contributed by atoms with Crippen molar-refractivity contribution in [2.45, 2.75) is 89.4 Å². The molecule has 0 radical (unpaired) electrons. The highest BCUT2D eigenvalue weighted by atomic mass is 16.4. The summed E-state index contributed by atoms with van der Waals surface area (Å²) in [6.45, 7) is 1.72. The maximum atomic E-state index is 12.1. The highest BCUT2D eigenvalue weighted by Crippen LogP contribution is 2.34. The van der Waals surface area contributed by atoms with Crippen molar-refractivity contribution in [3.05, 3.63) is 12.2 Å². The van der Waals surface area contributed by atoms with Crippen LogP contribution in [0, 0.1) is 11.8 Å². The summed E-state index contributed by atoms with van der Waals surface area (Å²) in [5, 5.41) is 38.0. The first-order chi connectivity index (χ1) is 12.3. The zero-order chi connectivity index (χ0) is 19.5. The molecule has 0 aromatic carbocycles. The number of unbranched alkanes of at least 4 members (excludes halogenated alkanes) is 3. The normalized spacial score (nSPS) is 25.7. The standard InChI is InChI=1S/C20H34O6/c1-14(21)7-6-8-15(22)11-12-17-16(18(23)13-19(17)24)9-4-2-3-5-10-20(25)26/h11-12,14-17,19,21-22,24H,2-10,13H2,1H3,(H,25,26)/b12-11+/t14-,15+,16?,17-,19-/m1/s1. The summed E-state index contributed by atoms with van der Waals surface area (Å²) in [4.78, 5) is 22.6. The van der Waals surface area contributed by atoms with Gasteiger partial charge in [-0.05, 0) is 39.0 Å². The number of hydrogen-bond acceptors (Lipinski definition) is 5. The lowest BCUT2D eigenvalue weighted by Gasteiger charge is -2.18. The predicted molar refractivity (Wildman–Crippen MR) is 98.6 cm³/mol. The number of carboxylic acid groups (broad SMARTS) is 1. The molecule has 4 N–H and O–H groups in total. The number of carbonyl (C=O) groups is 2. The van der Waals surface area contributed by atoms with Crippen LogP contribution in [0.5, 0.6) is 0 Å². The summed E-state index contributed by atoms with van der Waals surface area (Å²) in [6, 6.07) is 0. The van der Waals surface area contributed by atoms with E-state index in [1.165, 1.54) is 0 Å². The topological polar surface area (TPSA) is 115 Å². The Kier molecular flexibility index (Phi) is 10.7. The summed E-state index contributed by atoms with van der Waals surface area (Å²) in [6.07, 6.45) is 7.88. The molecule has 0 heterocycles. The van der Waals surface area contributed by atoms with E-state index < -0.39 is 18.2 Å². The number of hydrogen-bond donors (Lipinski definition) is 4. The molecule has 0 bridgehead atoms. The van der Waals surface area contributed by atoms with Crippen LogP contribution in [0.15, 0.2) is 12.2 Å². The Morgan fingerprint density at radius 3 is 2.50 bits per heavy atom. The fourth-order valence-corrected chi connectivity index (χ4v) is 3.56. The van der Waals surface area contributed by atoms with Gasteiger partial charge in [0.2, 0.25) is 0 Å². The van der Waals surface area contributed by atoms with Crippen molar-refractivity contribution in [3.8, 4) is 0 Å². The molecule has 1 aliphatic rings. The van der Waals surface area contributed by atoms with Crippen LogP contribution in [0.4, 0.5) is 0 Å². The van der Waals surface area contributed by atoms with Gasteiger partial charge in [-0.3, -0.25) is 9.59 Å². The first-order valence-corrected chi connectivity index (χ1v) is 9.78. The van der Waals surface area contributed by atoms with E-state index in [9.17, 15) is 24.9 Å². The number of aliphatic carboxylic acids is 1. The number of rotatable bonds is 13. The van der Waals surface area contributed by atoms with Gasteiger partial charge in [-0.2, -0.15) is 0 Å². The van der Waals surface area contributed by atoms with Gasteiger partial charge in [-0.15, -0.1) is 0 Å².